The van der Waals surface area contributed by atoms with E-state index in [1.54, 1.807) is 0 Å². The molecule has 2 nitrogen and oxygen atoms in total. The quantitative estimate of drug-likeness (QED) is 0.534. The molecule has 0 N–H and O–H groups in total. The zero-order valence-corrected chi connectivity index (χ0v) is 15.1. The van der Waals surface area contributed by atoms with Crippen molar-refractivity contribution in [3.63, 3.8) is 0 Å². The van der Waals surface area contributed by atoms with Gasteiger partial charge in [-0.25, -0.2) is 0 Å². The van der Waals surface area contributed by atoms with Gasteiger partial charge in [-0.05, 0) is 57.3 Å². The van der Waals surface area contributed by atoms with Gasteiger partial charge >= 0.3 is 5.97 Å². The van der Waals surface area contributed by atoms with Crippen LogP contribution in [0.2, 0.25) is 0 Å². The molecule has 0 saturated heterocycles. The maximum atomic E-state index is 13.0. The zero-order chi connectivity index (χ0) is 16.1. The number of hydrogen-bond donors (Lipinski definition) is 0. The smallest absolute Gasteiger partial charge is 0.312 e. The molecule has 1 fully saturated rings. The van der Waals surface area contributed by atoms with Gasteiger partial charge in [-0.15, -0.1) is 0 Å². The Morgan fingerprint density at radius 1 is 1.19 bits per heavy atom. The van der Waals surface area contributed by atoms with Crippen molar-refractivity contribution in [2.24, 2.45) is 17.3 Å². The van der Waals surface area contributed by atoms with E-state index >= 15 is 0 Å². The molecule has 124 valence electrons. The summed E-state index contributed by atoms with van der Waals surface area (Å²) in [6.45, 7) is 13.1. The van der Waals surface area contributed by atoms with Gasteiger partial charge in [0.1, 0.15) is 5.60 Å². The Kier molecular flexibility index (Phi) is 6.74. The minimum atomic E-state index is -0.348. The molecule has 0 aromatic heterocycles. The molecule has 21 heavy (non-hydrogen) atoms. The highest BCUT2D eigenvalue weighted by molar-refractivity contribution is 5.77. The molecule has 0 aliphatic heterocycles. The molecule has 2 atom stereocenters. The first kappa shape index (κ1) is 18.5. The molecule has 0 aromatic rings. The monoisotopic (exact) mass is 296 g/mol. The van der Waals surface area contributed by atoms with E-state index in [1.807, 2.05) is 0 Å². The molecule has 0 aromatic carbocycles. The summed E-state index contributed by atoms with van der Waals surface area (Å²) < 4.78 is 6.17. The minimum absolute atomic E-state index is 0.0492. The van der Waals surface area contributed by atoms with Gasteiger partial charge in [0.25, 0.3) is 0 Å². The third kappa shape index (κ3) is 4.47. The third-order valence-electron chi connectivity index (χ3n) is 5.74. The van der Waals surface area contributed by atoms with Crippen molar-refractivity contribution in [1.82, 2.24) is 0 Å². The van der Waals surface area contributed by atoms with E-state index in [4.69, 9.17) is 4.74 Å². The fraction of sp³-hybridized carbons (Fsp3) is 0.947. The van der Waals surface area contributed by atoms with E-state index in [1.165, 1.54) is 12.8 Å². The first-order valence-corrected chi connectivity index (χ1v) is 9.03. The van der Waals surface area contributed by atoms with Crippen molar-refractivity contribution in [3.8, 4) is 0 Å². The van der Waals surface area contributed by atoms with Gasteiger partial charge in [0, 0.05) is 0 Å². The van der Waals surface area contributed by atoms with Crippen LogP contribution in [-0.4, -0.2) is 11.6 Å². The maximum absolute atomic E-state index is 13.0. The lowest BCUT2D eigenvalue weighted by atomic mass is 9.72. The third-order valence-corrected chi connectivity index (χ3v) is 5.74. The van der Waals surface area contributed by atoms with Gasteiger partial charge in [-0.2, -0.15) is 0 Å². The summed E-state index contributed by atoms with van der Waals surface area (Å²) in [7, 11) is 0. The van der Waals surface area contributed by atoms with Crippen molar-refractivity contribution in [2.45, 2.75) is 98.5 Å². The summed E-state index contributed by atoms with van der Waals surface area (Å²) in [6.07, 6.45) is 8.70. The highest BCUT2D eigenvalue weighted by Crippen LogP contribution is 2.42. The van der Waals surface area contributed by atoms with Gasteiger partial charge in [0.05, 0.1) is 5.41 Å². The Labute approximate surface area is 132 Å². The first-order chi connectivity index (χ1) is 9.79. The fourth-order valence-electron chi connectivity index (χ4n) is 3.61. The van der Waals surface area contributed by atoms with E-state index in [9.17, 15) is 4.79 Å². The summed E-state index contributed by atoms with van der Waals surface area (Å²) in [5, 5.41) is 0. The van der Waals surface area contributed by atoms with Crippen LogP contribution >= 0.6 is 0 Å². The molecular weight excluding hydrogens is 260 g/mol. The Morgan fingerprint density at radius 2 is 1.76 bits per heavy atom. The molecule has 0 radical (unpaired) electrons. The average Bonchev–Trinajstić information content (AvgIpc) is 2.86. The lowest BCUT2D eigenvalue weighted by Crippen LogP contribution is -2.42. The van der Waals surface area contributed by atoms with Crippen molar-refractivity contribution in [1.29, 1.82) is 0 Å². The predicted molar refractivity (Wildman–Crippen MR) is 89.2 cm³/mol. The second kappa shape index (κ2) is 7.65. The number of hydrogen-bond acceptors (Lipinski definition) is 2. The molecule has 0 amide bonds. The molecular formula is C19H36O2. The summed E-state index contributed by atoms with van der Waals surface area (Å²) in [5.41, 5.74) is -0.504. The Balaban J connectivity index is 2.85. The normalized spacial score (nSPS) is 22.0. The first-order valence-electron chi connectivity index (χ1n) is 9.03. The van der Waals surface area contributed by atoms with Gasteiger partial charge < -0.3 is 4.74 Å². The van der Waals surface area contributed by atoms with E-state index in [2.05, 4.69) is 41.5 Å². The van der Waals surface area contributed by atoms with E-state index in [0.29, 0.717) is 11.8 Å². The Bertz CT molecular complexity index is 328. The molecule has 2 heteroatoms. The number of rotatable bonds is 8. The summed E-state index contributed by atoms with van der Waals surface area (Å²) >= 11 is 0. The van der Waals surface area contributed by atoms with Crippen LogP contribution in [0, 0.1) is 17.3 Å². The molecule has 2 unspecified atom stereocenters. The van der Waals surface area contributed by atoms with Crippen LogP contribution in [-0.2, 0) is 9.53 Å². The second-order valence-electron chi connectivity index (χ2n) is 7.82. The number of esters is 1. The van der Waals surface area contributed by atoms with E-state index in [0.717, 1.165) is 38.5 Å². The second-order valence-corrected chi connectivity index (χ2v) is 7.82. The van der Waals surface area contributed by atoms with Gasteiger partial charge in [-0.1, -0.05) is 47.5 Å². The van der Waals surface area contributed by atoms with Crippen molar-refractivity contribution in [2.75, 3.05) is 0 Å². The van der Waals surface area contributed by atoms with Gasteiger partial charge in [0.2, 0.25) is 0 Å². The molecule has 1 aliphatic rings. The highest BCUT2D eigenvalue weighted by Gasteiger charge is 2.44. The van der Waals surface area contributed by atoms with Crippen LogP contribution in [0.5, 0.6) is 0 Å². The molecule has 1 rings (SSSR count). The van der Waals surface area contributed by atoms with Crippen LogP contribution in [0.1, 0.15) is 92.9 Å². The predicted octanol–water partition coefficient (Wildman–Crippen LogP) is 5.74. The Morgan fingerprint density at radius 3 is 2.19 bits per heavy atom. The lowest BCUT2D eigenvalue weighted by Gasteiger charge is -2.38. The molecule has 0 spiro atoms. The van der Waals surface area contributed by atoms with E-state index in [-0.39, 0.29) is 17.0 Å². The van der Waals surface area contributed by atoms with Crippen LogP contribution in [0.15, 0.2) is 0 Å². The standard InChI is InChI=1S/C19H36O2/c1-7-11-19(12-9-10-13-19)21-17(20)18(6,15(3)4)14-16(5)8-2/h15-16H,7-14H2,1-6H3. The maximum Gasteiger partial charge on any atom is 0.312 e. The number of ether oxygens (including phenoxy) is 1. The molecule has 1 aliphatic carbocycles. The van der Waals surface area contributed by atoms with Crippen LogP contribution in [0.4, 0.5) is 0 Å². The minimum Gasteiger partial charge on any atom is -0.459 e. The Hall–Kier alpha value is -0.530. The van der Waals surface area contributed by atoms with Crippen LogP contribution in [0.25, 0.3) is 0 Å². The summed E-state index contributed by atoms with van der Waals surface area (Å²) in [4.78, 5) is 13.0. The highest BCUT2D eigenvalue weighted by atomic mass is 16.6. The number of carbonyl (C=O) groups is 1. The van der Waals surface area contributed by atoms with Crippen molar-refractivity contribution in [3.05, 3.63) is 0 Å². The van der Waals surface area contributed by atoms with E-state index < -0.39 is 0 Å². The topological polar surface area (TPSA) is 26.3 Å². The molecule has 0 heterocycles. The van der Waals surface area contributed by atoms with Crippen molar-refractivity contribution < 1.29 is 9.53 Å². The summed E-state index contributed by atoms with van der Waals surface area (Å²) in [5.74, 6) is 0.933. The number of carbonyl (C=O) groups excluding carboxylic acids is 1. The van der Waals surface area contributed by atoms with Crippen LogP contribution in [0.3, 0.4) is 0 Å². The lowest BCUT2D eigenvalue weighted by molar-refractivity contribution is -0.176. The van der Waals surface area contributed by atoms with Gasteiger partial charge in [0.15, 0.2) is 0 Å². The van der Waals surface area contributed by atoms with Crippen molar-refractivity contribution >= 4 is 5.97 Å². The zero-order valence-electron chi connectivity index (χ0n) is 15.1. The van der Waals surface area contributed by atoms with Gasteiger partial charge in [-0.3, -0.25) is 4.79 Å². The molecule has 1 saturated carbocycles. The SMILES string of the molecule is CCCC1(OC(=O)C(C)(CC(C)CC)C(C)C)CCCC1. The summed E-state index contributed by atoms with van der Waals surface area (Å²) in [6, 6.07) is 0. The largest absolute Gasteiger partial charge is 0.459 e. The molecule has 0 bridgehead atoms. The average molecular weight is 296 g/mol. The van der Waals surface area contributed by atoms with Crippen LogP contribution < -0.4 is 0 Å². The fourth-order valence-corrected chi connectivity index (χ4v) is 3.61.